The zero-order valence-electron chi connectivity index (χ0n) is 15.8. The Hall–Kier alpha value is -2.57. The van der Waals surface area contributed by atoms with Gasteiger partial charge >= 0.3 is 0 Å². The minimum absolute atomic E-state index is 0.000645. The van der Waals surface area contributed by atoms with Crippen LogP contribution in [0.2, 0.25) is 0 Å². The highest BCUT2D eigenvalue weighted by Gasteiger charge is 2.21. The molecule has 1 aliphatic heterocycles. The van der Waals surface area contributed by atoms with E-state index >= 15 is 0 Å². The molecule has 1 unspecified atom stereocenters. The molecule has 1 aliphatic rings. The van der Waals surface area contributed by atoms with Gasteiger partial charge in [-0.1, -0.05) is 36.4 Å². The first kappa shape index (κ1) is 18.8. The molecule has 0 spiro atoms. The minimum atomic E-state index is 0.000645. The second-order valence-corrected chi connectivity index (χ2v) is 7.93. The van der Waals surface area contributed by atoms with E-state index < -0.39 is 0 Å². The molecular formula is C22H24N4OS. The van der Waals surface area contributed by atoms with Gasteiger partial charge < -0.3 is 10.2 Å². The lowest BCUT2D eigenvalue weighted by atomic mass is 10.1. The number of rotatable bonds is 7. The Morgan fingerprint density at radius 1 is 1.11 bits per heavy atom. The lowest BCUT2D eigenvalue weighted by Crippen LogP contribution is -2.37. The van der Waals surface area contributed by atoms with E-state index in [0.717, 1.165) is 41.6 Å². The maximum absolute atomic E-state index is 12.7. The molecule has 1 saturated heterocycles. The first-order chi connectivity index (χ1) is 13.8. The lowest BCUT2D eigenvalue weighted by molar-refractivity contribution is -0.121. The molecule has 5 nitrogen and oxygen atoms in total. The molecule has 0 bridgehead atoms. The van der Waals surface area contributed by atoms with Crippen LogP contribution in [0, 0.1) is 0 Å². The van der Waals surface area contributed by atoms with Gasteiger partial charge in [-0.2, -0.15) is 0 Å². The molecule has 1 aromatic carbocycles. The monoisotopic (exact) mass is 392 g/mol. The topological polar surface area (TPSA) is 58.1 Å². The van der Waals surface area contributed by atoms with Crippen molar-refractivity contribution >= 4 is 17.2 Å². The molecular weight excluding hydrogens is 368 g/mol. The van der Waals surface area contributed by atoms with Crippen molar-refractivity contribution in [3.05, 3.63) is 71.4 Å². The van der Waals surface area contributed by atoms with E-state index in [1.54, 1.807) is 6.20 Å². The SMILES string of the molecule is O=C(Cc1csc(-c2ccccn2)n1)NC(CN1CCCC1)c1ccccc1. The van der Waals surface area contributed by atoms with Gasteiger partial charge in [-0.05, 0) is 43.6 Å². The molecule has 3 aromatic rings. The second kappa shape index (κ2) is 9.08. The minimum Gasteiger partial charge on any atom is -0.348 e. The predicted molar refractivity (Wildman–Crippen MR) is 112 cm³/mol. The fourth-order valence-electron chi connectivity index (χ4n) is 3.55. The van der Waals surface area contributed by atoms with E-state index in [9.17, 15) is 4.79 Å². The number of nitrogens with zero attached hydrogens (tertiary/aromatic N) is 3. The van der Waals surface area contributed by atoms with Crippen LogP contribution in [0.25, 0.3) is 10.7 Å². The summed E-state index contributed by atoms with van der Waals surface area (Å²) in [5, 5.41) is 6.02. The fourth-order valence-corrected chi connectivity index (χ4v) is 4.34. The predicted octanol–water partition coefficient (Wildman–Crippen LogP) is 3.70. The van der Waals surface area contributed by atoms with E-state index in [2.05, 4.69) is 32.3 Å². The van der Waals surface area contributed by atoms with Crippen LogP contribution in [0.3, 0.4) is 0 Å². The van der Waals surface area contributed by atoms with Crippen molar-refractivity contribution in [2.45, 2.75) is 25.3 Å². The van der Waals surface area contributed by atoms with Gasteiger partial charge in [0.25, 0.3) is 0 Å². The molecule has 0 radical (unpaired) electrons. The maximum Gasteiger partial charge on any atom is 0.226 e. The summed E-state index contributed by atoms with van der Waals surface area (Å²) in [7, 11) is 0. The Morgan fingerprint density at radius 3 is 2.64 bits per heavy atom. The van der Waals surface area contributed by atoms with Gasteiger partial charge in [-0.25, -0.2) is 4.98 Å². The van der Waals surface area contributed by atoms with Crippen molar-refractivity contribution in [1.29, 1.82) is 0 Å². The number of amides is 1. The molecule has 0 aliphatic carbocycles. The first-order valence-corrected chi connectivity index (χ1v) is 10.6. The first-order valence-electron chi connectivity index (χ1n) is 9.70. The number of carbonyl (C=O) groups excluding carboxylic acids is 1. The van der Waals surface area contributed by atoms with Gasteiger partial charge in [0, 0.05) is 18.1 Å². The number of likely N-dealkylation sites (tertiary alicyclic amines) is 1. The average molecular weight is 393 g/mol. The Balaban J connectivity index is 1.42. The summed E-state index contributed by atoms with van der Waals surface area (Å²) >= 11 is 1.52. The van der Waals surface area contributed by atoms with E-state index in [1.165, 1.54) is 24.2 Å². The molecule has 1 N–H and O–H groups in total. The largest absolute Gasteiger partial charge is 0.348 e. The molecule has 144 valence electrons. The number of pyridine rings is 1. The Kier molecular flexibility index (Phi) is 6.09. The zero-order chi connectivity index (χ0) is 19.2. The number of thiazole rings is 1. The van der Waals surface area contributed by atoms with Gasteiger partial charge in [0.1, 0.15) is 5.01 Å². The van der Waals surface area contributed by atoms with E-state index in [1.807, 2.05) is 41.8 Å². The third kappa shape index (κ3) is 4.82. The Bertz CT molecular complexity index is 891. The molecule has 1 amide bonds. The van der Waals surface area contributed by atoms with Crippen LogP contribution in [-0.4, -0.2) is 40.4 Å². The van der Waals surface area contributed by atoms with Gasteiger partial charge in [-0.3, -0.25) is 9.78 Å². The second-order valence-electron chi connectivity index (χ2n) is 7.07. The van der Waals surface area contributed by atoms with Crippen LogP contribution in [0.5, 0.6) is 0 Å². The molecule has 0 saturated carbocycles. The molecule has 2 aromatic heterocycles. The summed E-state index contributed by atoms with van der Waals surface area (Å²) in [6.45, 7) is 3.07. The number of benzene rings is 1. The molecule has 4 rings (SSSR count). The number of hydrogen-bond acceptors (Lipinski definition) is 5. The normalized spacial score (nSPS) is 15.4. The third-order valence-electron chi connectivity index (χ3n) is 4.95. The summed E-state index contributed by atoms with van der Waals surface area (Å²) in [6, 6.07) is 16.0. The smallest absolute Gasteiger partial charge is 0.226 e. The van der Waals surface area contributed by atoms with E-state index in [0.29, 0.717) is 0 Å². The molecule has 1 atom stereocenters. The van der Waals surface area contributed by atoms with Crippen LogP contribution in [0.1, 0.15) is 30.1 Å². The van der Waals surface area contributed by atoms with E-state index in [-0.39, 0.29) is 18.4 Å². The van der Waals surface area contributed by atoms with Crippen molar-refractivity contribution in [3.63, 3.8) is 0 Å². The Morgan fingerprint density at radius 2 is 1.89 bits per heavy atom. The lowest BCUT2D eigenvalue weighted by Gasteiger charge is -2.25. The summed E-state index contributed by atoms with van der Waals surface area (Å²) in [4.78, 5) is 24.1. The number of hydrogen-bond donors (Lipinski definition) is 1. The molecule has 3 heterocycles. The van der Waals surface area contributed by atoms with Gasteiger partial charge in [-0.15, -0.1) is 11.3 Å². The standard InChI is InChI=1S/C22H24N4OS/c27-21(14-18-16-28-22(24-18)19-10-4-5-11-23-19)25-20(15-26-12-6-7-13-26)17-8-2-1-3-9-17/h1-5,8-11,16,20H,6-7,12-15H2,(H,25,27). The van der Waals surface area contributed by atoms with Crippen LogP contribution in [0.15, 0.2) is 60.1 Å². The highest BCUT2D eigenvalue weighted by Crippen LogP contribution is 2.22. The highest BCUT2D eigenvalue weighted by atomic mass is 32.1. The molecule has 6 heteroatoms. The quantitative estimate of drug-likeness (QED) is 0.666. The van der Waals surface area contributed by atoms with Crippen molar-refractivity contribution in [2.24, 2.45) is 0 Å². The van der Waals surface area contributed by atoms with E-state index in [4.69, 9.17) is 0 Å². The van der Waals surface area contributed by atoms with Gasteiger partial charge in [0.2, 0.25) is 5.91 Å². The van der Waals surface area contributed by atoms with Crippen LogP contribution in [0.4, 0.5) is 0 Å². The molecule has 28 heavy (non-hydrogen) atoms. The average Bonchev–Trinajstić information content (AvgIpc) is 3.41. The highest BCUT2D eigenvalue weighted by molar-refractivity contribution is 7.13. The number of aromatic nitrogens is 2. The van der Waals surface area contributed by atoms with Crippen LogP contribution < -0.4 is 5.32 Å². The van der Waals surface area contributed by atoms with Crippen molar-refractivity contribution in [1.82, 2.24) is 20.2 Å². The number of carbonyl (C=O) groups is 1. The Labute approximate surface area is 169 Å². The fraction of sp³-hybridized carbons (Fsp3) is 0.318. The molecule has 1 fully saturated rings. The number of nitrogens with one attached hydrogen (secondary N) is 1. The van der Waals surface area contributed by atoms with Crippen LogP contribution in [-0.2, 0) is 11.2 Å². The summed E-state index contributed by atoms with van der Waals surface area (Å²) < 4.78 is 0. The zero-order valence-corrected chi connectivity index (χ0v) is 16.6. The summed E-state index contributed by atoms with van der Waals surface area (Å²) in [5.74, 6) is 0.00548. The summed E-state index contributed by atoms with van der Waals surface area (Å²) in [5.41, 5.74) is 2.78. The third-order valence-corrected chi connectivity index (χ3v) is 5.87. The van der Waals surface area contributed by atoms with Crippen molar-refractivity contribution in [2.75, 3.05) is 19.6 Å². The van der Waals surface area contributed by atoms with Crippen molar-refractivity contribution < 1.29 is 4.79 Å². The van der Waals surface area contributed by atoms with Crippen molar-refractivity contribution in [3.8, 4) is 10.7 Å². The maximum atomic E-state index is 12.7. The van der Waals surface area contributed by atoms with Crippen LogP contribution >= 0.6 is 11.3 Å². The van der Waals surface area contributed by atoms with Gasteiger partial charge in [0.15, 0.2) is 0 Å². The summed E-state index contributed by atoms with van der Waals surface area (Å²) in [6.07, 6.45) is 4.52. The van der Waals surface area contributed by atoms with Gasteiger partial charge in [0.05, 0.1) is 23.9 Å².